The van der Waals surface area contributed by atoms with Gasteiger partial charge in [-0.2, -0.15) is 0 Å². The molecule has 0 bridgehead atoms. The number of halogens is 3. The molecule has 0 amide bonds. The van der Waals surface area contributed by atoms with Gasteiger partial charge in [0, 0.05) is 0 Å². The van der Waals surface area contributed by atoms with Gasteiger partial charge in [-0.25, -0.2) is 13.8 Å². The number of benzene rings is 1. The average Bonchev–Trinajstić information content (AvgIpc) is 2.71. The summed E-state index contributed by atoms with van der Waals surface area (Å²) in [6, 6.07) is 8.99. The maximum absolute atomic E-state index is 13.7. The van der Waals surface area contributed by atoms with Gasteiger partial charge in [0.2, 0.25) is 0 Å². The Morgan fingerprint density at radius 3 is 2.50 bits per heavy atom. The van der Waals surface area contributed by atoms with Crippen LogP contribution in [-0.4, -0.2) is 9.97 Å². The molecule has 0 saturated heterocycles. The SMILES string of the molecule is Fc1cccc(F)c1-c1cc2nc(Br)ccc2[nH]1. The maximum atomic E-state index is 13.7. The van der Waals surface area contributed by atoms with Crippen molar-refractivity contribution in [1.29, 1.82) is 0 Å². The minimum Gasteiger partial charge on any atom is -0.353 e. The smallest absolute Gasteiger partial charge is 0.135 e. The molecule has 18 heavy (non-hydrogen) atoms. The second-order valence-electron chi connectivity index (χ2n) is 3.85. The van der Waals surface area contributed by atoms with Crippen LogP contribution in [-0.2, 0) is 0 Å². The highest BCUT2D eigenvalue weighted by Gasteiger charge is 2.13. The number of rotatable bonds is 1. The lowest BCUT2D eigenvalue weighted by Crippen LogP contribution is -1.89. The quantitative estimate of drug-likeness (QED) is 0.668. The zero-order valence-corrected chi connectivity index (χ0v) is 10.6. The first-order valence-corrected chi connectivity index (χ1v) is 6.04. The van der Waals surface area contributed by atoms with Crippen molar-refractivity contribution in [2.75, 3.05) is 0 Å². The molecule has 0 saturated carbocycles. The molecule has 0 spiro atoms. The minimum atomic E-state index is -0.597. The summed E-state index contributed by atoms with van der Waals surface area (Å²) in [6.07, 6.45) is 0. The van der Waals surface area contributed by atoms with Gasteiger partial charge in [-0.05, 0) is 46.3 Å². The molecule has 1 aromatic carbocycles. The highest BCUT2D eigenvalue weighted by Crippen LogP contribution is 2.28. The fourth-order valence-corrected chi connectivity index (χ4v) is 2.20. The highest BCUT2D eigenvalue weighted by atomic mass is 79.9. The van der Waals surface area contributed by atoms with Crippen molar-refractivity contribution < 1.29 is 8.78 Å². The van der Waals surface area contributed by atoms with Gasteiger partial charge in [0.1, 0.15) is 16.2 Å². The van der Waals surface area contributed by atoms with E-state index in [0.29, 0.717) is 15.8 Å². The molecule has 0 unspecified atom stereocenters. The Kier molecular flexibility index (Phi) is 2.63. The second kappa shape index (κ2) is 4.17. The fourth-order valence-electron chi connectivity index (χ4n) is 1.87. The number of nitrogens with zero attached hydrogens (tertiary/aromatic N) is 1. The first kappa shape index (κ1) is 11.3. The number of nitrogens with one attached hydrogen (secondary N) is 1. The van der Waals surface area contributed by atoms with Gasteiger partial charge in [-0.3, -0.25) is 0 Å². The van der Waals surface area contributed by atoms with E-state index in [2.05, 4.69) is 25.9 Å². The van der Waals surface area contributed by atoms with Crippen molar-refractivity contribution in [2.45, 2.75) is 0 Å². The van der Waals surface area contributed by atoms with Crippen LogP contribution in [0.25, 0.3) is 22.3 Å². The lowest BCUT2D eigenvalue weighted by atomic mass is 10.1. The Hall–Kier alpha value is -1.75. The van der Waals surface area contributed by atoms with Crippen LogP contribution in [0.1, 0.15) is 0 Å². The molecule has 5 heteroatoms. The standard InChI is InChI=1S/C13H7BrF2N2/c14-12-5-4-9-10(18-12)6-11(17-9)13-7(15)2-1-3-8(13)16/h1-6,17H. The number of fused-ring (bicyclic) bond motifs is 1. The Bertz CT molecular complexity index is 717. The summed E-state index contributed by atoms with van der Waals surface area (Å²) in [5.41, 5.74) is 1.70. The summed E-state index contributed by atoms with van der Waals surface area (Å²) in [5.74, 6) is -1.19. The molecular formula is C13H7BrF2N2. The Morgan fingerprint density at radius 1 is 1.06 bits per heavy atom. The largest absolute Gasteiger partial charge is 0.353 e. The van der Waals surface area contributed by atoms with Crippen molar-refractivity contribution in [3.63, 3.8) is 0 Å². The highest BCUT2D eigenvalue weighted by molar-refractivity contribution is 9.10. The van der Waals surface area contributed by atoms with Gasteiger partial charge >= 0.3 is 0 Å². The third-order valence-electron chi connectivity index (χ3n) is 2.67. The monoisotopic (exact) mass is 308 g/mol. The van der Waals surface area contributed by atoms with Crippen molar-refractivity contribution in [3.8, 4) is 11.3 Å². The van der Waals surface area contributed by atoms with E-state index in [0.717, 1.165) is 5.52 Å². The van der Waals surface area contributed by atoms with E-state index in [9.17, 15) is 8.78 Å². The molecule has 2 nitrogen and oxygen atoms in total. The summed E-state index contributed by atoms with van der Waals surface area (Å²) >= 11 is 3.25. The molecule has 0 atom stereocenters. The van der Waals surface area contributed by atoms with Crippen LogP contribution in [0.2, 0.25) is 0 Å². The van der Waals surface area contributed by atoms with Gasteiger partial charge in [-0.15, -0.1) is 0 Å². The number of hydrogen-bond donors (Lipinski definition) is 1. The van der Waals surface area contributed by atoms with E-state index in [1.54, 1.807) is 18.2 Å². The first-order chi connectivity index (χ1) is 8.65. The zero-order chi connectivity index (χ0) is 12.7. The summed E-state index contributed by atoms with van der Waals surface area (Å²) in [7, 11) is 0. The lowest BCUT2D eigenvalue weighted by molar-refractivity contribution is 0.589. The number of aromatic nitrogens is 2. The van der Waals surface area contributed by atoms with E-state index in [1.807, 2.05) is 0 Å². The van der Waals surface area contributed by atoms with Crippen LogP contribution in [0.3, 0.4) is 0 Å². The first-order valence-electron chi connectivity index (χ1n) is 5.25. The third kappa shape index (κ3) is 1.80. The normalized spacial score (nSPS) is 11.1. The molecule has 3 rings (SSSR count). The van der Waals surface area contributed by atoms with E-state index in [-0.39, 0.29) is 5.56 Å². The Balaban J connectivity index is 2.26. The second-order valence-corrected chi connectivity index (χ2v) is 4.66. The van der Waals surface area contributed by atoms with E-state index >= 15 is 0 Å². The molecule has 0 aliphatic carbocycles. The van der Waals surface area contributed by atoms with Gasteiger partial charge < -0.3 is 4.98 Å². The van der Waals surface area contributed by atoms with Crippen LogP contribution >= 0.6 is 15.9 Å². The summed E-state index contributed by atoms with van der Waals surface area (Å²) in [4.78, 5) is 7.18. The summed E-state index contributed by atoms with van der Waals surface area (Å²) in [5, 5.41) is 0. The maximum Gasteiger partial charge on any atom is 0.135 e. The van der Waals surface area contributed by atoms with Gasteiger partial charge in [0.25, 0.3) is 0 Å². The fraction of sp³-hybridized carbons (Fsp3) is 0. The van der Waals surface area contributed by atoms with Gasteiger partial charge in [0.15, 0.2) is 0 Å². The van der Waals surface area contributed by atoms with Crippen molar-refractivity contribution in [2.24, 2.45) is 0 Å². The topological polar surface area (TPSA) is 28.7 Å². The Morgan fingerprint density at radius 2 is 1.78 bits per heavy atom. The molecule has 0 aliphatic heterocycles. The molecule has 90 valence electrons. The molecule has 3 aromatic rings. The van der Waals surface area contributed by atoms with E-state index < -0.39 is 11.6 Å². The van der Waals surface area contributed by atoms with Crippen molar-refractivity contribution >= 4 is 27.0 Å². The van der Waals surface area contributed by atoms with Crippen LogP contribution in [0.5, 0.6) is 0 Å². The van der Waals surface area contributed by atoms with Crippen LogP contribution in [0.15, 0.2) is 41.0 Å². The Labute approximate surface area is 110 Å². The van der Waals surface area contributed by atoms with Gasteiger partial charge in [0.05, 0.1) is 22.3 Å². The molecule has 2 heterocycles. The molecule has 0 aliphatic rings. The van der Waals surface area contributed by atoms with Crippen LogP contribution in [0.4, 0.5) is 8.78 Å². The average molecular weight is 309 g/mol. The number of aromatic amines is 1. The summed E-state index contributed by atoms with van der Waals surface area (Å²) in [6.45, 7) is 0. The lowest BCUT2D eigenvalue weighted by Gasteiger charge is -2.01. The number of hydrogen-bond acceptors (Lipinski definition) is 1. The molecule has 0 fully saturated rings. The predicted molar refractivity (Wildman–Crippen MR) is 69.1 cm³/mol. The molecule has 2 aromatic heterocycles. The third-order valence-corrected chi connectivity index (χ3v) is 3.11. The zero-order valence-electron chi connectivity index (χ0n) is 9.05. The molecule has 1 N–H and O–H groups in total. The van der Waals surface area contributed by atoms with Crippen molar-refractivity contribution in [1.82, 2.24) is 9.97 Å². The predicted octanol–water partition coefficient (Wildman–Crippen LogP) is 4.27. The van der Waals surface area contributed by atoms with Gasteiger partial charge in [-0.1, -0.05) is 6.07 Å². The molecule has 0 radical (unpaired) electrons. The molecular weight excluding hydrogens is 302 g/mol. The summed E-state index contributed by atoms with van der Waals surface area (Å²) < 4.78 is 28.0. The van der Waals surface area contributed by atoms with Crippen molar-refractivity contribution in [3.05, 3.63) is 52.6 Å². The van der Waals surface area contributed by atoms with Crippen LogP contribution in [0, 0.1) is 11.6 Å². The number of pyridine rings is 1. The van der Waals surface area contributed by atoms with E-state index in [4.69, 9.17) is 0 Å². The van der Waals surface area contributed by atoms with E-state index in [1.165, 1.54) is 18.2 Å². The minimum absolute atomic E-state index is 0.0633. The van der Waals surface area contributed by atoms with Crippen LogP contribution < -0.4 is 0 Å². The number of H-pyrrole nitrogens is 1.